The molecule has 1 aliphatic heterocycles. The van der Waals surface area contributed by atoms with E-state index in [2.05, 4.69) is 10.3 Å². The summed E-state index contributed by atoms with van der Waals surface area (Å²) in [6, 6.07) is 14.8. The third-order valence-corrected chi connectivity index (χ3v) is 5.37. The molecule has 0 saturated heterocycles. The van der Waals surface area contributed by atoms with Gasteiger partial charge in [-0.25, -0.2) is 4.99 Å². The Hall–Kier alpha value is -3.61. The minimum Gasteiger partial charge on any atom is -0.451 e. The number of nitrogens with two attached hydrogens (primary N) is 1. The number of hydrogen-bond acceptors (Lipinski definition) is 5. The summed E-state index contributed by atoms with van der Waals surface area (Å²) in [4.78, 5) is 30.9. The van der Waals surface area contributed by atoms with Crippen LogP contribution in [-0.2, 0) is 10.3 Å². The van der Waals surface area contributed by atoms with Crippen LogP contribution < -0.4 is 11.1 Å². The number of carbonyl (C=O) groups excluding carboxylic acids is 2. The summed E-state index contributed by atoms with van der Waals surface area (Å²) in [5.41, 5.74) is 7.96. The summed E-state index contributed by atoms with van der Waals surface area (Å²) < 4.78 is 5.74. The summed E-state index contributed by atoms with van der Waals surface area (Å²) in [6.07, 6.45) is 0.199. The highest BCUT2D eigenvalue weighted by molar-refractivity contribution is 6.06. The number of amides is 2. The smallest absolute Gasteiger partial charge is 0.291 e. The number of para-hydroxylation sites is 1. The molecule has 3 N–H and O–H groups in total. The van der Waals surface area contributed by atoms with Crippen LogP contribution in [0.4, 0.5) is 5.69 Å². The van der Waals surface area contributed by atoms with Gasteiger partial charge in [0.05, 0.1) is 12.0 Å². The number of aliphatic imine (C=N–C) groups is 1. The number of carbonyl (C=O) groups is 2. The van der Waals surface area contributed by atoms with Gasteiger partial charge in [0.15, 0.2) is 11.7 Å². The number of aryl methyl sites for hydroxylation is 1. The molecule has 2 heterocycles. The summed E-state index contributed by atoms with van der Waals surface area (Å²) in [5.74, 6) is 0.0199. The van der Waals surface area contributed by atoms with E-state index in [4.69, 9.17) is 10.2 Å². The van der Waals surface area contributed by atoms with Gasteiger partial charge in [-0.15, -0.1) is 0 Å². The van der Waals surface area contributed by atoms with E-state index in [1.54, 1.807) is 13.1 Å². The van der Waals surface area contributed by atoms with Crippen LogP contribution in [-0.4, -0.2) is 29.7 Å². The second-order valence-corrected chi connectivity index (χ2v) is 7.46. The van der Waals surface area contributed by atoms with Crippen LogP contribution in [0.3, 0.4) is 0 Å². The maximum atomic E-state index is 12.8. The zero-order chi connectivity index (χ0) is 20.8. The molecule has 7 nitrogen and oxygen atoms in total. The summed E-state index contributed by atoms with van der Waals surface area (Å²) >= 11 is 0. The highest BCUT2D eigenvalue weighted by Crippen LogP contribution is 2.34. The van der Waals surface area contributed by atoms with Gasteiger partial charge in [-0.05, 0) is 37.6 Å². The Kier molecular flexibility index (Phi) is 4.38. The number of benzene rings is 2. The van der Waals surface area contributed by atoms with E-state index in [1.807, 2.05) is 56.3 Å². The number of rotatable bonds is 3. The molecule has 1 unspecified atom stereocenters. The molecule has 1 aromatic heterocycles. The molecule has 2 amide bonds. The molecule has 0 aliphatic carbocycles. The Morgan fingerprint density at radius 1 is 1.24 bits per heavy atom. The zero-order valence-electron chi connectivity index (χ0n) is 16.5. The highest BCUT2D eigenvalue weighted by Gasteiger charge is 2.36. The van der Waals surface area contributed by atoms with Gasteiger partial charge in [0, 0.05) is 23.7 Å². The van der Waals surface area contributed by atoms with Crippen molar-refractivity contribution in [2.45, 2.75) is 25.8 Å². The van der Waals surface area contributed by atoms with Gasteiger partial charge in [-0.3, -0.25) is 14.5 Å². The van der Waals surface area contributed by atoms with Gasteiger partial charge < -0.3 is 15.5 Å². The first-order valence-corrected chi connectivity index (χ1v) is 9.30. The van der Waals surface area contributed by atoms with Crippen molar-refractivity contribution in [3.63, 3.8) is 0 Å². The molecule has 1 atom stereocenters. The molecule has 0 fully saturated rings. The standard InChI is InChI=1S/C22H22N4O3/c1-13-16-9-4-5-10-17(16)29-19(13)20(28)24-15-8-6-7-14(11-15)22(2)12-18(27)26(3)21(23)25-22/h4-11H,12H2,1-3H3,(H2,23,25)(H,24,28). The largest absolute Gasteiger partial charge is 0.451 e. The maximum absolute atomic E-state index is 12.8. The van der Waals surface area contributed by atoms with Gasteiger partial charge in [-0.1, -0.05) is 30.3 Å². The lowest BCUT2D eigenvalue weighted by atomic mass is 9.87. The maximum Gasteiger partial charge on any atom is 0.291 e. The van der Waals surface area contributed by atoms with Crippen LogP contribution >= 0.6 is 0 Å². The summed E-state index contributed by atoms with van der Waals surface area (Å²) in [7, 11) is 1.60. The van der Waals surface area contributed by atoms with Gasteiger partial charge >= 0.3 is 0 Å². The second kappa shape index (κ2) is 6.77. The number of hydrogen-bond donors (Lipinski definition) is 2. The van der Waals surface area contributed by atoms with E-state index < -0.39 is 5.54 Å². The second-order valence-electron chi connectivity index (χ2n) is 7.46. The number of fused-ring (bicyclic) bond motifs is 1. The van der Waals surface area contributed by atoms with Crippen LogP contribution in [0.5, 0.6) is 0 Å². The van der Waals surface area contributed by atoms with Crippen LogP contribution in [0, 0.1) is 6.92 Å². The van der Waals surface area contributed by atoms with Crippen molar-refractivity contribution in [2.24, 2.45) is 10.7 Å². The fraction of sp³-hybridized carbons (Fsp3) is 0.227. The lowest BCUT2D eigenvalue weighted by molar-refractivity contribution is -0.128. The normalized spacial score (nSPS) is 19.3. The van der Waals surface area contributed by atoms with Gasteiger partial charge in [0.2, 0.25) is 5.91 Å². The summed E-state index contributed by atoms with van der Waals surface area (Å²) in [6.45, 7) is 3.72. The lowest BCUT2D eigenvalue weighted by Crippen LogP contribution is -2.47. The van der Waals surface area contributed by atoms with Crippen LogP contribution in [0.2, 0.25) is 0 Å². The average Bonchev–Trinajstić information content (AvgIpc) is 3.03. The molecule has 0 radical (unpaired) electrons. The molecule has 1 aliphatic rings. The first-order valence-electron chi connectivity index (χ1n) is 9.30. The van der Waals surface area contributed by atoms with E-state index in [9.17, 15) is 9.59 Å². The number of guanidine groups is 1. The van der Waals surface area contributed by atoms with Crippen molar-refractivity contribution in [1.82, 2.24) is 4.90 Å². The van der Waals surface area contributed by atoms with Crippen molar-refractivity contribution < 1.29 is 14.0 Å². The van der Waals surface area contributed by atoms with Crippen LogP contribution in [0.25, 0.3) is 11.0 Å². The molecule has 0 saturated carbocycles. The Morgan fingerprint density at radius 3 is 2.72 bits per heavy atom. The Labute approximate surface area is 168 Å². The minimum absolute atomic E-state index is 0.104. The van der Waals surface area contributed by atoms with Crippen molar-refractivity contribution >= 4 is 34.4 Å². The molecule has 0 spiro atoms. The lowest BCUT2D eigenvalue weighted by Gasteiger charge is -2.33. The van der Waals surface area contributed by atoms with Crippen molar-refractivity contribution in [3.05, 3.63) is 65.4 Å². The number of anilines is 1. The Balaban J connectivity index is 1.63. The van der Waals surface area contributed by atoms with E-state index in [0.717, 1.165) is 16.5 Å². The van der Waals surface area contributed by atoms with Crippen molar-refractivity contribution in [2.75, 3.05) is 12.4 Å². The van der Waals surface area contributed by atoms with E-state index in [0.29, 0.717) is 11.3 Å². The van der Waals surface area contributed by atoms with E-state index in [-0.39, 0.29) is 30.0 Å². The van der Waals surface area contributed by atoms with Gasteiger partial charge in [-0.2, -0.15) is 0 Å². The predicted molar refractivity (Wildman–Crippen MR) is 112 cm³/mol. The first-order chi connectivity index (χ1) is 13.8. The van der Waals surface area contributed by atoms with Crippen molar-refractivity contribution in [1.29, 1.82) is 0 Å². The van der Waals surface area contributed by atoms with Crippen LogP contribution in [0.1, 0.15) is 35.0 Å². The van der Waals surface area contributed by atoms with Crippen LogP contribution in [0.15, 0.2) is 57.9 Å². The minimum atomic E-state index is -0.788. The monoisotopic (exact) mass is 390 g/mol. The average molecular weight is 390 g/mol. The zero-order valence-corrected chi connectivity index (χ0v) is 16.5. The fourth-order valence-corrected chi connectivity index (χ4v) is 3.59. The Morgan fingerprint density at radius 2 is 2.00 bits per heavy atom. The molecule has 2 aromatic carbocycles. The SMILES string of the molecule is Cc1c(C(=O)Nc2cccc(C3(C)CC(=O)N(C)C(N)=N3)c2)oc2ccccc12. The molecule has 0 bridgehead atoms. The van der Waals surface area contributed by atoms with E-state index >= 15 is 0 Å². The summed E-state index contributed by atoms with van der Waals surface area (Å²) in [5, 5.41) is 3.79. The predicted octanol–water partition coefficient (Wildman–Crippen LogP) is 3.39. The molecule has 7 heteroatoms. The Bertz CT molecular complexity index is 1160. The molecule has 4 rings (SSSR count). The quantitative estimate of drug-likeness (QED) is 0.716. The third kappa shape index (κ3) is 3.24. The number of nitrogens with one attached hydrogen (secondary N) is 1. The number of furan rings is 1. The molecular weight excluding hydrogens is 368 g/mol. The fourth-order valence-electron chi connectivity index (χ4n) is 3.59. The third-order valence-electron chi connectivity index (χ3n) is 5.37. The molecular formula is C22H22N4O3. The number of nitrogens with zero attached hydrogens (tertiary/aromatic N) is 2. The molecule has 3 aromatic rings. The van der Waals surface area contributed by atoms with E-state index in [1.165, 1.54) is 4.90 Å². The van der Waals surface area contributed by atoms with Crippen molar-refractivity contribution in [3.8, 4) is 0 Å². The van der Waals surface area contributed by atoms with Gasteiger partial charge in [0.1, 0.15) is 5.58 Å². The topological polar surface area (TPSA) is 101 Å². The highest BCUT2D eigenvalue weighted by atomic mass is 16.3. The molecule has 29 heavy (non-hydrogen) atoms. The first kappa shape index (κ1) is 18.7. The molecule has 148 valence electrons. The van der Waals surface area contributed by atoms with Gasteiger partial charge in [0.25, 0.3) is 5.91 Å².